The zero-order chi connectivity index (χ0) is 14.7. The summed E-state index contributed by atoms with van der Waals surface area (Å²) >= 11 is 0. The van der Waals surface area contributed by atoms with Crippen LogP contribution in [0.5, 0.6) is 0 Å². The highest BCUT2D eigenvalue weighted by Gasteiger charge is 2.27. The molecule has 2 aromatic carbocycles. The van der Waals surface area contributed by atoms with Gasteiger partial charge in [-0.15, -0.1) is 0 Å². The van der Waals surface area contributed by atoms with Gasteiger partial charge in [0.25, 0.3) is 0 Å². The topological polar surface area (TPSA) is 58.2 Å². The van der Waals surface area contributed by atoms with Crippen molar-refractivity contribution in [2.75, 3.05) is 22.1 Å². The van der Waals surface area contributed by atoms with Crippen molar-refractivity contribution in [3.05, 3.63) is 54.6 Å². The van der Waals surface area contributed by atoms with Crippen LogP contribution in [0.3, 0.4) is 0 Å². The second kappa shape index (κ2) is 5.77. The number of hydrogen-bond donors (Lipinski definition) is 2. The highest BCUT2D eigenvalue weighted by molar-refractivity contribution is 7.91. The van der Waals surface area contributed by atoms with Gasteiger partial charge in [0.1, 0.15) is 0 Å². The number of para-hydroxylation sites is 1. The molecule has 1 saturated heterocycles. The van der Waals surface area contributed by atoms with Crippen molar-refractivity contribution in [2.24, 2.45) is 0 Å². The number of hydrogen-bond acceptors (Lipinski definition) is 4. The summed E-state index contributed by atoms with van der Waals surface area (Å²) < 4.78 is 22.9. The van der Waals surface area contributed by atoms with Gasteiger partial charge in [-0.2, -0.15) is 0 Å². The van der Waals surface area contributed by atoms with E-state index in [0.29, 0.717) is 6.42 Å². The molecular formula is C16H18N2O2S. The monoisotopic (exact) mass is 302 g/mol. The Balaban J connectivity index is 1.62. The molecule has 3 rings (SSSR count). The molecule has 0 amide bonds. The van der Waals surface area contributed by atoms with Crippen LogP contribution in [-0.4, -0.2) is 26.0 Å². The van der Waals surface area contributed by atoms with Crippen LogP contribution in [0.2, 0.25) is 0 Å². The third kappa shape index (κ3) is 3.76. The first-order valence-electron chi connectivity index (χ1n) is 7.00. The van der Waals surface area contributed by atoms with Crippen molar-refractivity contribution >= 4 is 26.9 Å². The quantitative estimate of drug-likeness (QED) is 0.911. The van der Waals surface area contributed by atoms with Crippen LogP contribution in [0.25, 0.3) is 0 Å². The van der Waals surface area contributed by atoms with Gasteiger partial charge in [-0.1, -0.05) is 18.2 Å². The zero-order valence-electron chi connectivity index (χ0n) is 11.6. The Kier molecular flexibility index (Phi) is 3.84. The van der Waals surface area contributed by atoms with Crippen LogP contribution >= 0.6 is 0 Å². The molecule has 0 aromatic heterocycles. The van der Waals surface area contributed by atoms with Crippen molar-refractivity contribution in [3.63, 3.8) is 0 Å². The Morgan fingerprint density at radius 2 is 1.48 bits per heavy atom. The van der Waals surface area contributed by atoms with Gasteiger partial charge < -0.3 is 10.6 Å². The molecule has 1 unspecified atom stereocenters. The molecule has 0 spiro atoms. The molecule has 0 radical (unpaired) electrons. The van der Waals surface area contributed by atoms with Gasteiger partial charge >= 0.3 is 0 Å². The SMILES string of the molecule is O=S1(=O)CCC(Nc2ccc(Nc3ccccc3)cc2)C1. The fourth-order valence-electron chi connectivity index (χ4n) is 2.48. The van der Waals surface area contributed by atoms with Crippen molar-refractivity contribution in [3.8, 4) is 0 Å². The van der Waals surface area contributed by atoms with Crippen molar-refractivity contribution < 1.29 is 8.42 Å². The van der Waals surface area contributed by atoms with E-state index in [9.17, 15) is 8.42 Å². The third-order valence-corrected chi connectivity index (χ3v) is 5.32. The molecule has 21 heavy (non-hydrogen) atoms. The molecule has 0 bridgehead atoms. The van der Waals surface area contributed by atoms with Gasteiger partial charge in [0.15, 0.2) is 9.84 Å². The summed E-state index contributed by atoms with van der Waals surface area (Å²) in [6, 6.07) is 17.9. The van der Waals surface area contributed by atoms with E-state index in [1.54, 1.807) is 0 Å². The molecule has 2 N–H and O–H groups in total. The minimum absolute atomic E-state index is 0.0305. The summed E-state index contributed by atoms with van der Waals surface area (Å²) in [4.78, 5) is 0. The number of benzene rings is 2. The van der Waals surface area contributed by atoms with Crippen LogP contribution in [-0.2, 0) is 9.84 Å². The molecule has 0 saturated carbocycles. The number of nitrogens with one attached hydrogen (secondary N) is 2. The first kappa shape index (κ1) is 13.9. The van der Waals surface area contributed by atoms with Gasteiger partial charge in [0.2, 0.25) is 0 Å². The summed E-state index contributed by atoms with van der Waals surface area (Å²) in [7, 11) is -2.84. The van der Waals surface area contributed by atoms with Crippen LogP contribution in [0.4, 0.5) is 17.1 Å². The summed E-state index contributed by atoms with van der Waals surface area (Å²) in [5.41, 5.74) is 3.00. The van der Waals surface area contributed by atoms with Gasteiger partial charge in [0, 0.05) is 23.1 Å². The van der Waals surface area contributed by atoms with Crippen molar-refractivity contribution in [1.29, 1.82) is 0 Å². The lowest BCUT2D eigenvalue weighted by Gasteiger charge is -2.13. The summed E-state index contributed by atoms with van der Waals surface area (Å²) in [5, 5.41) is 6.59. The maximum atomic E-state index is 11.4. The van der Waals surface area contributed by atoms with E-state index in [4.69, 9.17) is 0 Å². The molecule has 0 aliphatic carbocycles. The number of sulfone groups is 1. The predicted molar refractivity (Wildman–Crippen MR) is 86.8 cm³/mol. The normalized spacial score (nSPS) is 20.1. The molecule has 2 aromatic rings. The molecule has 5 heteroatoms. The number of rotatable bonds is 4. The maximum absolute atomic E-state index is 11.4. The predicted octanol–water partition coefficient (Wildman–Crippen LogP) is 3.03. The Bertz CT molecular complexity index is 697. The molecule has 1 aliphatic rings. The number of anilines is 3. The Hall–Kier alpha value is -2.01. The molecule has 1 heterocycles. The van der Waals surface area contributed by atoms with Gasteiger partial charge in [-0.25, -0.2) is 8.42 Å². The minimum atomic E-state index is -2.84. The van der Waals surface area contributed by atoms with Crippen LogP contribution in [0.1, 0.15) is 6.42 Å². The van der Waals surface area contributed by atoms with Crippen LogP contribution in [0, 0.1) is 0 Å². The molecule has 1 atom stereocenters. The van der Waals surface area contributed by atoms with Crippen LogP contribution in [0.15, 0.2) is 54.6 Å². The summed E-state index contributed by atoms with van der Waals surface area (Å²) in [6.07, 6.45) is 0.687. The first-order valence-corrected chi connectivity index (χ1v) is 8.82. The smallest absolute Gasteiger partial charge is 0.152 e. The largest absolute Gasteiger partial charge is 0.381 e. The van der Waals surface area contributed by atoms with E-state index in [-0.39, 0.29) is 17.5 Å². The fourth-order valence-corrected chi connectivity index (χ4v) is 4.16. The minimum Gasteiger partial charge on any atom is -0.381 e. The summed E-state index contributed by atoms with van der Waals surface area (Å²) in [5.74, 6) is 0.523. The van der Waals surface area contributed by atoms with E-state index in [0.717, 1.165) is 17.1 Å². The highest BCUT2D eigenvalue weighted by Crippen LogP contribution is 2.21. The van der Waals surface area contributed by atoms with Crippen molar-refractivity contribution in [1.82, 2.24) is 0 Å². The van der Waals surface area contributed by atoms with Gasteiger partial charge in [0.05, 0.1) is 11.5 Å². The average molecular weight is 302 g/mol. The lowest BCUT2D eigenvalue weighted by atomic mass is 10.2. The van der Waals surface area contributed by atoms with Crippen molar-refractivity contribution in [2.45, 2.75) is 12.5 Å². The van der Waals surface area contributed by atoms with E-state index in [1.807, 2.05) is 54.6 Å². The lowest BCUT2D eigenvalue weighted by molar-refractivity contribution is 0.602. The standard InChI is InChI=1S/C16H18N2O2S/c19-21(20)11-10-16(12-21)18-15-8-6-14(7-9-15)17-13-4-2-1-3-5-13/h1-9,16-18H,10-12H2. The summed E-state index contributed by atoms with van der Waals surface area (Å²) in [6.45, 7) is 0. The highest BCUT2D eigenvalue weighted by atomic mass is 32.2. The Morgan fingerprint density at radius 1 is 0.857 bits per heavy atom. The molecular weight excluding hydrogens is 284 g/mol. The second-order valence-corrected chi connectivity index (χ2v) is 7.54. The maximum Gasteiger partial charge on any atom is 0.152 e. The molecule has 4 nitrogen and oxygen atoms in total. The Morgan fingerprint density at radius 3 is 2.10 bits per heavy atom. The fraction of sp³-hybridized carbons (Fsp3) is 0.250. The Labute approximate surface area is 125 Å². The third-order valence-electron chi connectivity index (χ3n) is 3.55. The molecule has 110 valence electrons. The van der Waals surface area contributed by atoms with Gasteiger partial charge in [-0.3, -0.25) is 0 Å². The van der Waals surface area contributed by atoms with Gasteiger partial charge in [-0.05, 0) is 42.8 Å². The second-order valence-electron chi connectivity index (χ2n) is 5.31. The van der Waals surface area contributed by atoms with E-state index in [2.05, 4.69) is 10.6 Å². The van der Waals surface area contributed by atoms with E-state index >= 15 is 0 Å². The van der Waals surface area contributed by atoms with E-state index < -0.39 is 9.84 Å². The average Bonchev–Trinajstić information content (AvgIpc) is 2.81. The zero-order valence-corrected chi connectivity index (χ0v) is 12.4. The lowest BCUT2D eigenvalue weighted by Crippen LogP contribution is -2.20. The van der Waals surface area contributed by atoms with Crippen LogP contribution < -0.4 is 10.6 Å². The molecule has 1 aliphatic heterocycles. The van der Waals surface area contributed by atoms with E-state index in [1.165, 1.54) is 0 Å². The molecule has 1 fully saturated rings. The first-order chi connectivity index (χ1) is 10.1.